The predicted octanol–water partition coefficient (Wildman–Crippen LogP) is 3.36. The van der Waals surface area contributed by atoms with E-state index in [0.717, 1.165) is 16.2 Å². The lowest BCUT2D eigenvalue weighted by molar-refractivity contribution is 0.0960. The molecule has 1 aromatic carbocycles. The first-order valence-corrected chi connectivity index (χ1v) is 7.89. The maximum Gasteiger partial charge on any atom is 0.283 e. The summed E-state index contributed by atoms with van der Waals surface area (Å²) in [4.78, 5) is 13.5. The van der Waals surface area contributed by atoms with Crippen LogP contribution in [0, 0.1) is 0 Å². The average Bonchev–Trinajstić information content (AvgIpc) is 3.24. The van der Waals surface area contributed by atoms with Crippen molar-refractivity contribution >= 4 is 29.1 Å². The van der Waals surface area contributed by atoms with Crippen LogP contribution in [0.1, 0.15) is 15.4 Å². The van der Waals surface area contributed by atoms with Crippen LogP contribution >= 0.6 is 11.3 Å². The SMILES string of the molecule is COc1ccc(-c2cc(N)c(C(=O)N/N=C\c3ccco3)s2)cc1. The molecule has 0 radical (unpaired) electrons. The first kappa shape index (κ1) is 15.8. The number of carbonyl (C=O) groups excluding carboxylic acids is 1. The third-order valence-corrected chi connectivity index (χ3v) is 4.44. The van der Waals surface area contributed by atoms with E-state index in [9.17, 15) is 4.79 Å². The first-order chi connectivity index (χ1) is 11.7. The van der Waals surface area contributed by atoms with Crippen LogP contribution in [0.15, 0.2) is 58.2 Å². The quantitative estimate of drug-likeness (QED) is 0.550. The monoisotopic (exact) mass is 341 g/mol. The number of benzene rings is 1. The Morgan fingerprint density at radius 2 is 2.12 bits per heavy atom. The van der Waals surface area contributed by atoms with E-state index < -0.39 is 0 Å². The molecule has 2 aromatic heterocycles. The van der Waals surface area contributed by atoms with Gasteiger partial charge in [-0.2, -0.15) is 5.10 Å². The van der Waals surface area contributed by atoms with Crippen LogP contribution in [0.3, 0.4) is 0 Å². The minimum absolute atomic E-state index is 0.361. The van der Waals surface area contributed by atoms with E-state index in [0.29, 0.717) is 16.3 Å². The number of nitrogens with two attached hydrogens (primary N) is 1. The Bertz CT molecular complexity index is 852. The molecule has 6 nitrogen and oxygen atoms in total. The van der Waals surface area contributed by atoms with Crippen molar-refractivity contribution in [3.05, 3.63) is 59.4 Å². The van der Waals surface area contributed by atoms with Crippen LogP contribution in [0.5, 0.6) is 5.75 Å². The molecule has 1 amide bonds. The van der Waals surface area contributed by atoms with E-state index in [1.165, 1.54) is 23.8 Å². The fourth-order valence-corrected chi connectivity index (χ4v) is 3.02. The molecule has 3 aromatic rings. The Kier molecular flexibility index (Phi) is 4.62. The molecule has 0 bridgehead atoms. The Hall–Kier alpha value is -3.06. The lowest BCUT2D eigenvalue weighted by atomic mass is 10.2. The van der Waals surface area contributed by atoms with Gasteiger partial charge in [0.15, 0.2) is 0 Å². The molecule has 0 unspecified atom stereocenters. The van der Waals surface area contributed by atoms with Gasteiger partial charge in [0.25, 0.3) is 5.91 Å². The topological polar surface area (TPSA) is 89.8 Å². The van der Waals surface area contributed by atoms with Gasteiger partial charge < -0.3 is 14.9 Å². The van der Waals surface area contributed by atoms with Crippen molar-refractivity contribution in [1.29, 1.82) is 0 Å². The third kappa shape index (κ3) is 3.47. The van der Waals surface area contributed by atoms with Crippen molar-refractivity contribution < 1.29 is 13.9 Å². The number of nitrogen functional groups attached to an aromatic ring is 1. The van der Waals surface area contributed by atoms with E-state index >= 15 is 0 Å². The lowest BCUT2D eigenvalue weighted by Gasteiger charge is -2.00. The molecule has 0 atom stereocenters. The van der Waals surface area contributed by atoms with Crippen LogP contribution in [-0.4, -0.2) is 19.2 Å². The minimum Gasteiger partial charge on any atom is -0.497 e. The van der Waals surface area contributed by atoms with Gasteiger partial charge in [-0.3, -0.25) is 4.79 Å². The molecule has 7 heteroatoms. The van der Waals surface area contributed by atoms with Gasteiger partial charge in [-0.15, -0.1) is 11.3 Å². The van der Waals surface area contributed by atoms with Gasteiger partial charge in [0.2, 0.25) is 0 Å². The number of ether oxygens (including phenoxy) is 1. The van der Waals surface area contributed by atoms with Gasteiger partial charge in [-0.25, -0.2) is 5.43 Å². The molecule has 0 aliphatic carbocycles. The number of carbonyl (C=O) groups is 1. The number of hydrogen-bond acceptors (Lipinski definition) is 6. The highest BCUT2D eigenvalue weighted by Crippen LogP contribution is 2.33. The normalized spacial score (nSPS) is 10.9. The zero-order valence-corrected chi connectivity index (χ0v) is 13.7. The van der Waals surface area contributed by atoms with Crippen LogP contribution in [-0.2, 0) is 0 Å². The van der Waals surface area contributed by atoms with Crippen molar-refractivity contribution in [2.24, 2.45) is 5.10 Å². The van der Waals surface area contributed by atoms with Crippen molar-refractivity contribution in [3.63, 3.8) is 0 Å². The number of methoxy groups -OCH3 is 1. The number of thiophene rings is 1. The molecule has 24 heavy (non-hydrogen) atoms. The van der Waals surface area contributed by atoms with Crippen LogP contribution in [0.25, 0.3) is 10.4 Å². The zero-order valence-electron chi connectivity index (χ0n) is 12.9. The first-order valence-electron chi connectivity index (χ1n) is 7.08. The Morgan fingerprint density at radius 3 is 2.79 bits per heavy atom. The van der Waals surface area contributed by atoms with Gasteiger partial charge in [-0.05, 0) is 48.0 Å². The van der Waals surface area contributed by atoms with E-state index in [-0.39, 0.29) is 5.91 Å². The average molecular weight is 341 g/mol. The second kappa shape index (κ2) is 7.01. The van der Waals surface area contributed by atoms with E-state index in [4.69, 9.17) is 14.9 Å². The summed E-state index contributed by atoms with van der Waals surface area (Å²) in [7, 11) is 1.61. The molecule has 3 rings (SSSR count). The van der Waals surface area contributed by atoms with Crippen molar-refractivity contribution in [3.8, 4) is 16.2 Å². The van der Waals surface area contributed by atoms with Gasteiger partial charge >= 0.3 is 0 Å². The summed E-state index contributed by atoms with van der Waals surface area (Å²) in [6, 6.07) is 12.8. The van der Waals surface area contributed by atoms with Gasteiger partial charge in [0.05, 0.1) is 25.3 Å². The molecule has 0 fully saturated rings. The zero-order chi connectivity index (χ0) is 16.9. The standard InChI is InChI=1S/C17H15N3O3S/c1-22-12-6-4-11(5-7-12)15-9-14(18)16(24-15)17(21)20-19-10-13-3-2-8-23-13/h2-10H,18H2,1H3,(H,20,21)/b19-10-. The number of furan rings is 1. The second-order valence-electron chi connectivity index (χ2n) is 4.84. The number of nitrogens with zero attached hydrogens (tertiary/aromatic N) is 1. The number of anilines is 1. The molecular weight excluding hydrogens is 326 g/mol. The summed E-state index contributed by atoms with van der Waals surface area (Å²) in [6.07, 6.45) is 2.95. The van der Waals surface area contributed by atoms with Crippen LogP contribution in [0.2, 0.25) is 0 Å². The third-order valence-electron chi connectivity index (χ3n) is 3.24. The maximum atomic E-state index is 12.2. The van der Waals surface area contributed by atoms with Crippen LogP contribution < -0.4 is 15.9 Å². The summed E-state index contributed by atoms with van der Waals surface area (Å²) >= 11 is 1.31. The van der Waals surface area contributed by atoms with Crippen molar-refractivity contribution in [1.82, 2.24) is 5.43 Å². The smallest absolute Gasteiger partial charge is 0.283 e. The van der Waals surface area contributed by atoms with Crippen molar-refractivity contribution in [2.45, 2.75) is 0 Å². The molecule has 3 N–H and O–H groups in total. The number of rotatable bonds is 5. The highest BCUT2D eigenvalue weighted by molar-refractivity contribution is 7.18. The number of hydrazone groups is 1. The summed E-state index contributed by atoms with van der Waals surface area (Å²) in [5.41, 5.74) is 9.78. The Labute approximate surface area is 142 Å². The molecular formula is C17H15N3O3S. The Balaban J connectivity index is 1.74. The highest BCUT2D eigenvalue weighted by Gasteiger charge is 2.15. The summed E-state index contributed by atoms with van der Waals surface area (Å²) in [5.74, 6) is 0.960. The molecule has 122 valence electrons. The lowest BCUT2D eigenvalue weighted by Crippen LogP contribution is -2.17. The molecule has 0 aliphatic heterocycles. The minimum atomic E-state index is -0.361. The van der Waals surface area contributed by atoms with E-state index in [2.05, 4.69) is 10.5 Å². The van der Waals surface area contributed by atoms with E-state index in [1.807, 2.05) is 24.3 Å². The molecule has 0 aliphatic rings. The second-order valence-corrected chi connectivity index (χ2v) is 5.89. The molecule has 2 heterocycles. The molecule has 0 saturated carbocycles. The fourth-order valence-electron chi connectivity index (χ4n) is 2.05. The maximum absolute atomic E-state index is 12.2. The fraction of sp³-hybridized carbons (Fsp3) is 0.0588. The number of hydrogen-bond donors (Lipinski definition) is 2. The predicted molar refractivity (Wildman–Crippen MR) is 94.5 cm³/mol. The summed E-state index contributed by atoms with van der Waals surface area (Å²) in [5, 5.41) is 3.85. The highest BCUT2D eigenvalue weighted by atomic mass is 32.1. The van der Waals surface area contributed by atoms with Gasteiger partial charge in [-0.1, -0.05) is 0 Å². The molecule has 0 saturated heterocycles. The largest absolute Gasteiger partial charge is 0.497 e. The summed E-state index contributed by atoms with van der Waals surface area (Å²) in [6.45, 7) is 0. The van der Waals surface area contributed by atoms with Crippen LogP contribution in [0.4, 0.5) is 5.69 Å². The Morgan fingerprint density at radius 1 is 1.33 bits per heavy atom. The van der Waals surface area contributed by atoms with Gasteiger partial charge in [0, 0.05) is 4.88 Å². The summed E-state index contributed by atoms with van der Waals surface area (Å²) < 4.78 is 10.2. The number of amides is 1. The van der Waals surface area contributed by atoms with E-state index in [1.54, 1.807) is 25.3 Å². The van der Waals surface area contributed by atoms with Crippen molar-refractivity contribution in [2.75, 3.05) is 12.8 Å². The molecule has 0 spiro atoms. The number of nitrogens with one attached hydrogen (secondary N) is 1. The van der Waals surface area contributed by atoms with Gasteiger partial charge in [0.1, 0.15) is 16.4 Å².